The molecule has 9 heteroatoms. The molecule has 0 N–H and O–H groups in total. The fraction of sp³-hybridized carbons (Fsp3) is 0.444. The lowest BCUT2D eigenvalue weighted by Crippen LogP contribution is -2.10. The highest BCUT2D eigenvalue weighted by atomic mass is 79.9. The van der Waals surface area contributed by atoms with Crippen molar-refractivity contribution in [3.05, 3.63) is 58.1 Å². The SMILES string of the molecule is CCCCOCCOCCOOc1cc2cc(COc3ccccc3CC(=O)OCC)cc(Br)c2o1. The van der Waals surface area contributed by atoms with Gasteiger partial charge in [0.2, 0.25) is 0 Å². The summed E-state index contributed by atoms with van der Waals surface area (Å²) in [5.74, 6) is 0.599. The summed E-state index contributed by atoms with van der Waals surface area (Å²) in [6.45, 7) is 7.07. The summed E-state index contributed by atoms with van der Waals surface area (Å²) in [5, 5.41) is 0.835. The fourth-order valence-electron chi connectivity index (χ4n) is 3.35. The fourth-order valence-corrected chi connectivity index (χ4v) is 3.95. The molecule has 0 spiro atoms. The van der Waals surface area contributed by atoms with Gasteiger partial charge in [0, 0.05) is 23.6 Å². The van der Waals surface area contributed by atoms with Gasteiger partial charge in [-0.2, -0.15) is 4.89 Å². The average molecular weight is 565 g/mol. The number of hydrogen-bond donors (Lipinski definition) is 0. The van der Waals surface area contributed by atoms with Crippen LogP contribution in [0.3, 0.4) is 0 Å². The van der Waals surface area contributed by atoms with E-state index in [0.717, 1.165) is 40.4 Å². The lowest BCUT2D eigenvalue weighted by atomic mass is 10.1. The second-order valence-electron chi connectivity index (χ2n) is 7.92. The Kier molecular flexibility index (Phi) is 12.1. The van der Waals surface area contributed by atoms with Gasteiger partial charge < -0.3 is 23.4 Å². The minimum atomic E-state index is -0.283. The number of halogens is 1. The van der Waals surface area contributed by atoms with E-state index in [2.05, 4.69) is 22.9 Å². The van der Waals surface area contributed by atoms with Crippen LogP contribution in [0.2, 0.25) is 0 Å². The molecule has 36 heavy (non-hydrogen) atoms. The number of unbranched alkanes of at least 4 members (excludes halogenated alkanes) is 1. The molecule has 1 heterocycles. The van der Waals surface area contributed by atoms with Gasteiger partial charge in [0.15, 0.2) is 5.58 Å². The van der Waals surface area contributed by atoms with E-state index < -0.39 is 0 Å². The molecule has 0 aliphatic heterocycles. The van der Waals surface area contributed by atoms with E-state index in [-0.39, 0.29) is 24.9 Å². The van der Waals surface area contributed by atoms with Crippen molar-refractivity contribution in [3.63, 3.8) is 0 Å². The first-order valence-electron chi connectivity index (χ1n) is 12.1. The van der Waals surface area contributed by atoms with E-state index in [9.17, 15) is 4.79 Å². The van der Waals surface area contributed by atoms with Gasteiger partial charge in [0.05, 0.1) is 37.3 Å². The van der Waals surface area contributed by atoms with Crippen LogP contribution in [0.25, 0.3) is 11.0 Å². The van der Waals surface area contributed by atoms with Crippen LogP contribution in [0.5, 0.6) is 11.7 Å². The summed E-state index contributed by atoms with van der Waals surface area (Å²) >= 11 is 3.55. The highest BCUT2D eigenvalue weighted by Gasteiger charge is 2.13. The van der Waals surface area contributed by atoms with Gasteiger partial charge in [-0.1, -0.05) is 31.5 Å². The number of esters is 1. The molecule has 0 aliphatic carbocycles. The number of benzene rings is 2. The van der Waals surface area contributed by atoms with Crippen molar-refractivity contribution in [1.29, 1.82) is 0 Å². The predicted molar refractivity (Wildman–Crippen MR) is 138 cm³/mol. The molecule has 0 radical (unpaired) electrons. The zero-order valence-corrected chi connectivity index (χ0v) is 22.3. The predicted octanol–water partition coefficient (Wildman–Crippen LogP) is 6.02. The molecule has 0 fully saturated rings. The van der Waals surface area contributed by atoms with Crippen molar-refractivity contribution in [3.8, 4) is 11.7 Å². The smallest absolute Gasteiger partial charge is 0.323 e. The van der Waals surface area contributed by atoms with Crippen LogP contribution in [0.4, 0.5) is 0 Å². The molecule has 8 nitrogen and oxygen atoms in total. The Bertz CT molecular complexity index is 1080. The van der Waals surface area contributed by atoms with Crippen LogP contribution in [0, 0.1) is 0 Å². The molecule has 2 aromatic carbocycles. The molecule has 0 atom stereocenters. The lowest BCUT2D eigenvalue weighted by Gasteiger charge is -2.11. The highest BCUT2D eigenvalue weighted by Crippen LogP contribution is 2.33. The third kappa shape index (κ3) is 9.13. The molecule has 0 saturated carbocycles. The lowest BCUT2D eigenvalue weighted by molar-refractivity contribution is -0.226. The molecular formula is C27H33BrO8. The molecule has 3 aromatic rings. The minimum Gasteiger partial charge on any atom is -0.489 e. The largest absolute Gasteiger partial charge is 0.489 e. The van der Waals surface area contributed by atoms with Crippen LogP contribution in [0.15, 0.2) is 51.4 Å². The van der Waals surface area contributed by atoms with Gasteiger partial charge in [0.25, 0.3) is 0 Å². The number of carbonyl (C=O) groups is 1. The van der Waals surface area contributed by atoms with Crippen molar-refractivity contribution in [2.45, 2.75) is 39.7 Å². The second kappa shape index (κ2) is 15.5. The Labute approximate surface area is 219 Å². The first-order chi connectivity index (χ1) is 17.6. The first-order valence-corrected chi connectivity index (χ1v) is 12.9. The Balaban J connectivity index is 1.48. The quantitative estimate of drug-likeness (QED) is 0.0850. The first kappa shape index (κ1) is 28.0. The average Bonchev–Trinajstić information content (AvgIpc) is 3.28. The van der Waals surface area contributed by atoms with Crippen LogP contribution >= 0.6 is 15.9 Å². The molecule has 196 valence electrons. The third-order valence-corrected chi connectivity index (χ3v) is 5.67. The topological polar surface area (TPSA) is 85.6 Å². The Morgan fingerprint density at radius 1 is 0.972 bits per heavy atom. The van der Waals surface area contributed by atoms with Crippen molar-refractivity contribution in [2.75, 3.05) is 39.6 Å². The van der Waals surface area contributed by atoms with Crippen LogP contribution in [-0.4, -0.2) is 45.6 Å². The van der Waals surface area contributed by atoms with Gasteiger partial charge in [-0.3, -0.25) is 9.68 Å². The summed E-state index contributed by atoms with van der Waals surface area (Å²) < 4.78 is 28.4. The van der Waals surface area contributed by atoms with E-state index in [1.165, 1.54) is 0 Å². The summed E-state index contributed by atoms with van der Waals surface area (Å²) in [5.41, 5.74) is 2.34. The van der Waals surface area contributed by atoms with Crippen molar-refractivity contribution < 1.29 is 37.9 Å². The van der Waals surface area contributed by atoms with Gasteiger partial charge in [-0.05, 0) is 53.0 Å². The van der Waals surface area contributed by atoms with Crippen molar-refractivity contribution in [1.82, 2.24) is 0 Å². The van der Waals surface area contributed by atoms with E-state index in [1.807, 2.05) is 36.4 Å². The summed E-state index contributed by atoms with van der Waals surface area (Å²) in [7, 11) is 0. The molecule has 3 rings (SSSR count). The maximum Gasteiger partial charge on any atom is 0.323 e. The van der Waals surface area contributed by atoms with Gasteiger partial charge in [-0.15, -0.1) is 0 Å². The molecule has 0 saturated heterocycles. The number of fused-ring (bicyclic) bond motifs is 1. The van der Waals surface area contributed by atoms with Gasteiger partial charge >= 0.3 is 11.9 Å². The molecular weight excluding hydrogens is 532 g/mol. The van der Waals surface area contributed by atoms with Crippen molar-refractivity contribution >= 4 is 32.9 Å². The number of furan rings is 1. The number of hydrogen-bond acceptors (Lipinski definition) is 8. The van der Waals surface area contributed by atoms with Crippen molar-refractivity contribution in [2.24, 2.45) is 0 Å². The maximum atomic E-state index is 11.9. The number of ether oxygens (including phenoxy) is 4. The highest BCUT2D eigenvalue weighted by molar-refractivity contribution is 9.10. The second-order valence-corrected chi connectivity index (χ2v) is 8.78. The zero-order valence-electron chi connectivity index (χ0n) is 20.8. The van der Waals surface area contributed by atoms with E-state index in [4.69, 9.17) is 33.1 Å². The maximum absolute atomic E-state index is 11.9. The third-order valence-electron chi connectivity index (χ3n) is 5.08. The zero-order chi connectivity index (χ0) is 25.6. The van der Waals surface area contributed by atoms with Crippen LogP contribution in [0.1, 0.15) is 37.8 Å². The van der Waals surface area contributed by atoms with Crippen LogP contribution in [-0.2, 0) is 36.9 Å². The summed E-state index contributed by atoms with van der Waals surface area (Å²) in [6.07, 6.45) is 2.34. The monoisotopic (exact) mass is 564 g/mol. The molecule has 1 aromatic heterocycles. The Morgan fingerprint density at radius 3 is 2.56 bits per heavy atom. The standard InChI is InChI=1S/C27H33BrO8/c1-3-5-10-30-11-12-31-13-14-34-36-26-18-22-15-20(16-23(28)27(22)35-26)19-33-24-9-7-6-8-21(24)17-25(29)32-4-2/h6-9,15-16,18H,3-5,10-14,17,19H2,1-2H3. The number of para-hydroxylation sites is 1. The molecule has 0 bridgehead atoms. The molecule has 0 amide bonds. The number of carbonyl (C=O) groups excluding carboxylic acids is 1. The molecule has 0 aliphatic rings. The van der Waals surface area contributed by atoms with E-state index in [0.29, 0.717) is 44.4 Å². The normalized spacial score (nSPS) is 11.1. The van der Waals surface area contributed by atoms with E-state index in [1.54, 1.807) is 13.0 Å². The summed E-state index contributed by atoms with van der Waals surface area (Å²) in [4.78, 5) is 22.4. The Morgan fingerprint density at radius 2 is 1.75 bits per heavy atom. The van der Waals surface area contributed by atoms with Crippen LogP contribution < -0.4 is 9.62 Å². The Hall–Kier alpha value is -2.59. The van der Waals surface area contributed by atoms with Gasteiger partial charge in [0.1, 0.15) is 19.0 Å². The molecule has 0 unspecified atom stereocenters. The minimum absolute atomic E-state index is 0.160. The van der Waals surface area contributed by atoms with E-state index >= 15 is 0 Å². The summed E-state index contributed by atoms with van der Waals surface area (Å²) in [6, 6.07) is 13.1. The van der Waals surface area contributed by atoms with Gasteiger partial charge in [-0.25, -0.2) is 0 Å². The number of rotatable bonds is 17.